The third-order valence-corrected chi connectivity index (χ3v) is 3.81. The van der Waals surface area contributed by atoms with E-state index in [1.165, 1.54) is 12.3 Å². The topological polar surface area (TPSA) is 101 Å². The molecule has 1 aromatic carbocycles. The number of halogens is 1. The fourth-order valence-corrected chi connectivity index (χ4v) is 2.60. The van der Waals surface area contributed by atoms with E-state index in [0.717, 1.165) is 4.47 Å². The molecule has 8 heteroatoms. The lowest BCUT2D eigenvalue weighted by Crippen LogP contribution is -2.14. The summed E-state index contributed by atoms with van der Waals surface area (Å²) in [4.78, 5) is 0. The molecular formula is C9H9BrN4O2S. The van der Waals surface area contributed by atoms with E-state index in [2.05, 4.69) is 30.8 Å². The summed E-state index contributed by atoms with van der Waals surface area (Å²) in [6.45, 7) is 0. The fourth-order valence-electron chi connectivity index (χ4n) is 1.22. The number of sulfonamides is 1. The third-order valence-electron chi connectivity index (χ3n) is 2.02. The van der Waals surface area contributed by atoms with Gasteiger partial charge in [-0.15, -0.1) is 0 Å². The first-order valence-corrected chi connectivity index (χ1v) is 6.84. The number of hydrogen-bond acceptors (Lipinski definition) is 4. The van der Waals surface area contributed by atoms with Gasteiger partial charge in [0, 0.05) is 4.47 Å². The molecule has 0 aliphatic carbocycles. The molecule has 0 aliphatic rings. The molecule has 1 heterocycles. The van der Waals surface area contributed by atoms with Gasteiger partial charge in [0.25, 0.3) is 10.0 Å². The van der Waals surface area contributed by atoms with Gasteiger partial charge in [0.2, 0.25) is 0 Å². The van der Waals surface area contributed by atoms with Gasteiger partial charge in [0.15, 0.2) is 5.03 Å². The lowest BCUT2D eigenvalue weighted by Gasteiger charge is -2.08. The average molecular weight is 317 g/mol. The van der Waals surface area contributed by atoms with E-state index in [0.29, 0.717) is 11.4 Å². The number of benzene rings is 1. The molecule has 0 atom stereocenters. The van der Waals surface area contributed by atoms with Crippen molar-refractivity contribution in [2.24, 2.45) is 0 Å². The van der Waals surface area contributed by atoms with Crippen LogP contribution in [-0.4, -0.2) is 18.6 Å². The van der Waals surface area contributed by atoms with Crippen molar-refractivity contribution in [1.29, 1.82) is 0 Å². The SMILES string of the molecule is Nc1cc(Br)ccc1NS(=O)(=O)c1ccn[nH]1. The number of nitrogen functional groups attached to an aromatic ring is 1. The van der Waals surface area contributed by atoms with Crippen LogP contribution in [0.3, 0.4) is 0 Å². The molecule has 6 nitrogen and oxygen atoms in total. The summed E-state index contributed by atoms with van der Waals surface area (Å²) in [5, 5.41) is 5.95. The molecule has 0 saturated heterocycles. The van der Waals surface area contributed by atoms with Crippen molar-refractivity contribution in [2.75, 3.05) is 10.5 Å². The Morgan fingerprint density at radius 1 is 1.35 bits per heavy atom. The largest absolute Gasteiger partial charge is 0.397 e. The minimum Gasteiger partial charge on any atom is -0.397 e. The number of nitrogens with one attached hydrogen (secondary N) is 2. The van der Waals surface area contributed by atoms with Crippen LogP contribution < -0.4 is 10.5 Å². The van der Waals surface area contributed by atoms with Crippen molar-refractivity contribution in [2.45, 2.75) is 5.03 Å². The van der Waals surface area contributed by atoms with Gasteiger partial charge in [0.1, 0.15) is 0 Å². The number of H-pyrrole nitrogens is 1. The number of nitrogens with two attached hydrogens (primary N) is 1. The van der Waals surface area contributed by atoms with E-state index in [4.69, 9.17) is 5.73 Å². The summed E-state index contributed by atoms with van der Waals surface area (Å²) in [6, 6.07) is 6.25. The summed E-state index contributed by atoms with van der Waals surface area (Å²) < 4.78 is 26.8. The lowest BCUT2D eigenvalue weighted by atomic mass is 10.3. The Labute approximate surface area is 106 Å². The van der Waals surface area contributed by atoms with Gasteiger partial charge < -0.3 is 5.73 Å². The predicted octanol–water partition coefficient (Wildman–Crippen LogP) is 1.56. The molecule has 0 aliphatic heterocycles. The zero-order chi connectivity index (χ0) is 12.5. The van der Waals surface area contributed by atoms with Crippen LogP contribution in [0.15, 0.2) is 40.0 Å². The van der Waals surface area contributed by atoms with Crippen LogP contribution in [0.1, 0.15) is 0 Å². The zero-order valence-corrected chi connectivity index (χ0v) is 10.9. The zero-order valence-electron chi connectivity index (χ0n) is 8.51. The molecule has 0 amide bonds. The first-order chi connectivity index (χ1) is 7.99. The second-order valence-corrected chi connectivity index (χ2v) is 5.82. The van der Waals surface area contributed by atoms with Crippen LogP contribution in [0.2, 0.25) is 0 Å². The van der Waals surface area contributed by atoms with Crippen molar-refractivity contribution >= 4 is 37.3 Å². The summed E-state index contributed by atoms with van der Waals surface area (Å²) in [5.41, 5.74) is 6.36. The minimum atomic E-state index is -3.67. The highest BCUT2D eigenvalue weighted by atomic mass is 79.9. The Hall–Kier alpha value is -1.54. The van der Waals surface area contributed by atoms with E-state index in [1.807, 2.05) is 0 Å². The number of anilines is 2. The van der Waals surface area contributed by atoms with E-state index in [1.54, 1.807) is 18.2 Å². The number of aromatic amines is 1. The molecule has 0 fully saturated rings. The van der Waals surface area contributed by atoms with Crippen LogP contribution in [0, 0.1) is 0 Å². The summed E-state index contributed by atoms with van der Waals surface area (Å²) in [6.07, 6.45) is 1.36. The van der Waals surface area contributed by atoms with Crippen molar-refractivity contribution in [3.05, 3.63) is 34.9 Å². The molecule has 0 unspecified atom stereocenters. The Kier molecular flexibility index (Phi) is 3.07. The van der Waals surface area contributed by atoms with Gasteiger partial charge in [-0.3, -0.25) is 9.82 Å². The van der Waals surface area contributed by atoms with Crippen LogP contribution >= 0.6 is 15.9 Å². The Balaban J connectivity index is 2.33. The van der Waals surface area contributed by atoms with Crippen LogP contribution in [-0.2, 0) is 10.0 Å². The lowest BCUT2D eigenvalue weighted by molar-refractivity contribution is 0.597. The number of nitrogens with zero attached hydrogens (tertiary/aromatic N) is 1. The molecule has 2 rings (SSSR count). The molecular weight excluding hydrogens is 308 g/mol. The van der Waals surface area contributed by atoms with E-state index in [9.17, 15) is 8.42 Å². The number of aromatic nitrogens is 2. The minimum absolute atomic E-state index is 0.0141. The van der Waals surface area contributed by atoms with Crippen LogP contribution in [0.4, 0.5) is 11.4 Å². The van der Waals surface area contributed by atoms with Crippen molar-refractivity contribution in [3.8, 4) is 0 Å². The van der Waals surface area contributed by atoms with Crippen molar-refractivity contribution in [3.63, 3.8) is 0 Å². The second-order valence-electron chi connectivity index (χ2n) is 3.26. The molecule has 0 bridgehead atoms. The van der Waals surface area contributed by atoms with Crippen LogP contribution in [0.5, 0.6) is 0 Å². The molecule has 2 aromatic rings. The first kappa shape index (κ1) is 11.9. The molecule has 17 heavy (non-hydrogen) atoms. The van der Waals surface area contributed by atoms with E-state index in [-0.39, 0.29) is 5.03 Å². The van der Waals surface area contributed by atoms with Gasteiger partial charge in [-0.1, -0.05) is 15.9 Å². The molecule has 0 spiro atoms. The van der Waals surface area contributed by atoms with Gasteiger partial charge in [-0.25, -0.2) is 0 Å². The quantitative estimate of drug-likeness (QED) is 0.748. The molecule has 90 valence electrons. The molecule has 0 saturated carbocycles. The number of hydrogen-bond donors (Lipinski definition) is 3. The molecule has 1 aromatic heterocycles. The summed E-state index contributed by atoms with van der Waals surface area (Å²) >= 11 is 3.24. The average Bonchev–Trinajstić information content (AvgIpc) is 2.76. The summed E-state index contributed by atoms with van der Waals surface area (Å²) in [7, 11) is -3.67. The highest BCUT2D eigenvalue weighted by Crippen LogP contribution is 2.24. The second kappa shape index (κ2) is 4.38. The Morgan fingerprint density at radius 2 is 2.12 bits per heavy atom. The summed E-state index contributed by atoms with van der Waals surface area (Å²) in [5.74, 6) is 0. The van der Waals surface area contributed by atoms with Gasteiger partial charge in [0.05, 0.1) is 17.6 Å². The maximum Gasteiger partial charge on any atom is 0.278 e. The number of rotatable bonds is 3. The Bertz CT molecular complexity index is 624. The van der Waals surface area contributed by atoms with E-state index >= 15 is 0 Å². The van der Waals surface area contributed by atoms with Gasteiger partial charge >= 0.3 is 0 Å². The molecule has 4 N–H and O–H groups in total. The van der Waals surface area contributed by atoms with Crippen molar-refractivity contribution in [1.82, 2.24) is 10.2 Å². The predicted molar refractivity (Wildman–Crippen MR) is 68.0 cm³/mol. The standard InChI is InChI=1S/C9H9BrN4O2S/c10-6-1-2-8(7(11)5-6)14-17(15,16)9-3-4-12-13-9/h1-5,14H,11H2,(H,12,13). The Morgan fingerprint density at radius 3 is 2.71 bits per heavy atom. The highest BCUT2D eigenvalue weighted by Gasteiger charge is 2.16. The maximum absolute atomic E-state index is 11.9. The third kappa shape index (κ3) is 2.59. The highest BCUT2D eigenvalue weighted by molar-refractivity contribution is 9.10. The maximum atomic E-state index is 11.9. The van der Waals surface area contributed by atoms with Crippen molar-refractivity contribution < 1.29 is 8.42 Å². The van der Waals surface area contributed by atoms with Gasteiger partial charge in [-0.2, -0.15) is 13.5 Å². The monoisotopic (exact) mass is 316 g/mol. The van der Waals surface area contributed by atoms with Gasteiger partial charge in [-0.05, 0) is 24.3 Å². The normalized spacial score (nSPS) is 11.4. The fraction of sp³-hybridized carbons (Fsp3) is 0. The first-order valence-electron chi connectivity index (χ1n) is 4.56. The smallest absolute Gasteiger partial charge is 0.278 e. The van der Waals surface area contributed by atoms with Crippen LogP contribution in [0.25, 0.3) is 0 Å². The molecule has 0 radical (unpaired) electrons. The van der Waals surface area contributed by atoms with E-state index < -0.39 is 10.0 Å².